The van der Waals surface area contributed by atoms with Gasteiger partial charge in [0.05, 0.1) is 21.6 Å². The van der Waals surface area contributed by atoms with Gasteiger partial charge in [0.15, 0.2) is 0 Å². The number of hydrogen-bond acceptors (Lipinski definition) is 4. The molecule has 0 aliphatic carbocycles. The van der Waals surface area contributed by atoms with Gasteiger partial charge >= 0.3 is 0 Å². The molecule has 1 saturated heterocycles. The lowest BCUT2D eigenvalue weighted by Crippen LogP contribution is -2.27. The molecule has 7 heteroatoms. The molecule has 1 amide bonds. The molecule has 1 aromatic carbocycles. The van der Waals surface area contributed by atoms with Gasteiger partial charge in [-0.1, -0.05) is 11.6 Å². The molecule has 1 aromatic rings. The fourth-order valence-corrected chi connectivity index (χ4v) is 2.38. The van der Waals surface area contributed by atoms with E-state index in [0.29, 0.717) is 6.54 Å². The molecule has 0 aromatic heterocycles. The molecule has 108 valence electrons. The van der Waals surface area contributed by atoms with Crippen molar-refractivity contribution < 1.29 is 14.5 Å². The first-order chi connectivity index (χ1) is 9.58. The van der Waals surface area contributed by atoms with Gasteiger partial charge in [-0.3, -0.25) is 14.9 Å². The number of carbonyl (C=O) groups is 1. The van der Waals surface area contributed by atoms with E-state index < -0.39 is 4.92 Å². The van der Waals surface area contributed by atoms with E-state index in [1.54, 1.807) is 0 Å². The summed E-state index contributed by atoms with van der Waals surface area (Å²) in [6.45, 7) is 1.28. The molecule has 1 fully saturated rings. The van der Waals surface area contributed by atoms with Crippen molar-refractivity contribution in [3.05, 3.63) is 38.9 Å². The van der Waals surface area contributed by atoms with Gasteiger partial charge in [-0.05, 0) is 25.3 Å². The zero-order chi connectivity index (χ0) is 14.5. The number of non-ortho nitro benzene ring substituents is 1. The standard InChI is InChI=1S/C13H15ClN2O4/c14-12-8-9(16(18)19)3-4-11(12)13(17)15-6-5-10-2-1-7-20-10/h3-4,8,10H,1-2,5-7H2,(H,15,17)/t10-/m0/s1. The number of hydrogen-bond donors (Lipinski definition) is 1. The maximum atomic E-state index is 11.9. The zero-order valence-corrected chi connectivity index (χ0v) is 11.6. The largest absolute Gasteiger partial charge is 0.378 e. The summed E-state index contributed by atoms with van der Waals surface area (Å²) in [5, 5.41) is 13.4. The average Bonchev–Trinajstić information content (AvgIpc) is 2.91. The van der Waals surface area contributed by atoms with Crippen LogP contribution in [0.15, 0.2) is 18.2 Å². The third-order valence-corrected chi connectivity index (χ3v) is 3.50. The molecule has 1 N–H and O–H groups in total. The van der Waals surface area contributed by atoms with E-state index >= 15 is 0 Å². The first kappa shape index (κ1) is 14.7. The van der Waals surface area contributed by atoms with Crippen LogP contribution in [0.25, 0.3) is 0 Å². The van der Waals surface area contributed by atoms with Crippen LogP contribution in [0.4, 0.5) is 5.69 Å². The number of halogens is 1. The molecule has 20 heavy (non-hydrogen) atoms. The highest BCUT2D eigenvalue weighted by Crippen LogP contribution is 2.22. The third-order valence-electron chi connectivity index (χ3n) is 3.18. The highest BCUT2D eigenvalue weighted by Gasteiger charge is 2.17. The summed E-state index contributed by atoms with van der Waals surface area (Å²) in [6.07, 6.45) is 3.06. The van der Waals surface area contributed by atoms with Crippen molar-refractivity contribution in [2.75, 3.05) is 13.2 Å². The Hall–Kier alpha value is -1.66. The van der Waals surface area contributed by atoms with Crippen molar-refractivity contribution >= 4 is 23.2 Å². The first-order valence-corrected chi connectivity index (χ1v) is 6.79. The monoisotopic (exact) mass is 298 g/mol. The minimum absolute atomic E-state index is 0.0776. The van der Waals surface area contributed by atoms with Crippen LogP contribution in [-0.4, -0.2) is 30.1 Å². The Balaban J connectivity index is 1.89. The van der Waals surface area contributed by atoms with Crippen LogP contribution in [0.3, 0.4) is 0 Å². The van der Waals surface area contributed by atoms with Crippen LogP contribution in [0.5, 0.6) is 0 Å². The van der Waals surface area contributed by atoms with Crippen LogP contribution < -0.4 is 5.32 Å². The van der Waals surface area contributed by atoms with Gasteiger partial charge in [0.25, 0.3) is 11.6 Å². The average molecular weight is 299 g/mol. The molecule has 0 saturated carbocycles. The number of amides is 1. The van der Waals surface area contributed by atoms with Crippen LogP contribution in [0.1, 0.15) is 29.6 Å². The highest BCUT2D eigenvalue weighted by atomic mass is 35.5. The molecule has 1 atom stereocenters. The van der Waals surface area contributed by atoms with E-state index in [9.17, 15) is 14.9 Å². The number of nitrogens with one attached hydrogen (secondary N) is 1. The van der Waals surface area contributed by atoms with E-state index in [0.717, 1.165) is 25.9 Å². The van der Waals surface area contributed by atoms with E-state index in [4.69, 9.17) is 16.3 Å². The summed E-state index contributed by atoms with van der Waals surface area (Å²) >= 11 is 5.88. The molecular weight excluding hydrogens is 284 g/mol. The van der Waals surface area contributed by atoms with Gasteiger partial charge < -0.3 is 10.1 Å². The quantitative estimate of drug-likeness (QED) is 0.669. The smallest absolute Gasteiger partial charge is 0.270 e. The Morgan fingerprint density at radius 1 is 1.55 bits per heavy atom. The molecule has 0 unspecified atom stereocenters. The van der Waals surface area contributed by atoms with Crippen molar-refractivity contribution in [2.45, 2.75) is 25.4 Å². The number of nitro groups is 1. The highest BCUT2D eigenvalue weighted by molar-refractivity contribution is 6.34. The maximum absolute atomic E-state index is 11.9. The number of benzene rings is 1. The minimum atomic E-state index is -0.551. The summed E-state index contributed by atoms with van der Waals surface area (Å²) in [5.74, 6) is -0.331. The number of nitro benzene ring substituents is 1. The number of nitrogens with zero attached hydrogens (tertiary/aromatic N) is 1. The molecule has 1 aliphatic rings. The molecule has 2 rings (SSSR count). The second kappa shape index (κ2) is 6.67. The van der Waals surface area contributed by atoms with Crippen molar-refractivity contribution in [3.63, 3.8) is 0 Å². The number of carbonyl (C=O) groups excluding carboxylic acids is 1. The lowest BCUT2D eigenvalue weighted by molar-refractivity contribution is -0.384. The molecule has 1 heterocycles. The third kappa shape index (κ3) is 3.68. The topological polar surface area (TPSA) is 81.5 Å². The van der Waals surface area contributed by atoms with Crippen molar-refractivity contribution in [3.8, 4) is 0 Å². The van der Waals surface area contributed by atoms with Gasteiger partial charge in [-0.15, -0.1) is 0 Å². The van der Waals surface area contributed by atoms with E-state index in [1.807, 2.05) is 0 Å². The summed E-state index contributed by atoms with van der Waals surface area (Å²) in [7, 11) is 0. The fraction of sp³-hybridized carbons (Fsp3) is 0.462. The van der Waals surface area contributed by atoms with E-state index in [2.05, 4.69) is 5.32 Å². The first-order valence-electron chi connectivity index (χ1n) is 6.41. The van der Waals surface area contributed by atoms with Crippen molar-refractivity contribution in [2.24, 2.45) is 0 Å². The van der Waals surface area contributed by atoms with Crippen LogP contribution in [-0.2, 0) is 4.74 Å². The Morgan fingerprint density at radius 2 is 2.35 bits per heavy atom. The Morgan fingerprint density at radius 3 is 2.95 bits per heavy atom. The van der Waals surface area contributed by atoms with Gasteiger partial charge in [-0.2, -0.15) is 0 Å². The minimum Gasteiger partial charge on any atom is -0.378 e. The van der Waals surface area contributed by atoms with Crippen molar-refractivity contribution in [1.82, 2.24) is 5.32 Å². The zero-order valence-electron chi connectivity index (χ0n) is 10.8. The van der Waals surface area contributed by atoms with Crippen LogP contribution >= 0.6 is 11.6 Å². The SMILES string of the molecule is O=C(NCC[C@@H]1CCCO1)c1ccc([N+](=O)[O-])cc1Cl. The Labute approximate surface area is 121 Å². The fourth-order valence-electron chi connectivity index (χ4n) is 2.12. The van der Waals surface area contributed by atoms with Crippen LogP contribution in [0, 0.1) is 10.1 Å². The summed E-state index contributed by atoms with van der Waals surface area (Å²) in [4.78, 5) is 21.9. The molecule has 0 spiro atoms. The normalized spacial score (nSPS) is 17.9. The molecule has 6 nitrogen and oxygen atoms in total. The number of rotatable bonds is 5. The van der Waals surface area contributed by atoms with Gasteiger partial charge in [0, 0.05) is 25.3 Å². The summed E-state index contributed by atoms with van der Waals surface area (Å²) < 4.78 is 5.45. The van der Waals surface area contributed by atoms with E-state index in [1.165, 1.54) is 18.2 Å². The van der Waals surface area contributed by atoms with Crippen molar-refractivity contribution in [1.29, 1.82) is 0 Å². The maximum Gasteiger partial charge on any atom is 0.270 e. The molecule has 1 aliphatic heterocycles. The summed E-state index contributed by atoms with van der Waals surface area (Å²) in [5.41, 5.74) is 0.107. The van der Waals surface area contributed by atoms with E-state index in [-0.39, 0.29) is 28.3 Å². The van der Waals surface area contributed by atoms with Gasteiger partial charge in [-0.25, -0.2) is 0 Å². The Kier molecular flexibility index (Phi) is 4.92. The lowest BCUT2D eigenvalue weighted by Gasteiger charge is -2.10. The van der Waals surface area contributed by atoms with Gasteiger partial charge in [0.1, 0.15) is 0 Å². The number of ether oxygens (including phenoxy) is 1. The Bertz CT molecular complexity index is 515. The summed E-state index contributed by atoms with van der Waals surface area (Å²) in [6, 6.07) is 3.80. The van der Waals surface area contributed by atoms with Crippen LogP contribution in [0.2, 0.25) is 5.02 Å². The van der Waals surface area contributed by atoms with Gasteiger partial charge in [0.2, 0.25) is 0 Å². The molecule has 0 bridgehead atoms. The second-order valence-electron chi connectivity index (χ2n) is 4.60. The predicted octanol–water partition coefficient (Wildman–Crippen LogP) is 2.55. The second-order valence-corrected chi connectivity index (χ2v) is 5.01. The predicted molar refractivity (Wildman–Crippen MR) is 74.0 cm³/mol. The lowest BCUT2D eigenvalue weighted by atomic mass is 10.1. The molecular formula is C13H15ClN2O4. The molecule has 0 radical (unpaired) electrons.